The van der Waals surface area contributed by atoms with Gasteiger partial charge in [0.1, 0.15) is 28.8 Å². The Morgan fingerprint density at radius 2 is 1.15 bits per heavy atom. The van der Waals surface area contributed by atoms with Crippen LogP contribution in [0.1, 0.15) is 24.5 Å². The SMILES string of the molecule is CCCc1ccc2cc(-c3cc(F)c(-c4cc(F)c(C(F)(F)F)c(F)c4)c(F)c3)ccc2c1. The van der Waals surface area contributed by atoms with Gasteiger partial charge in [-0.2, -0.15) is 13.2 Å². The molecule has 4 rings (SSSR count). The molecule has 0 bridgehead atoms. The van der Waals surface area contributed by atoms with Gasteiger partial charge in [0.25, 0.3) is 0 Å². The first-order valence-electron chi connectivity index (χ1n) is 10.2. The summed E-state index contributed by atoms with van der Waals surface area (Å²) in [5.41, 5.74) is -1.71. The van der Waals surface area contributed by atoms with Crippen LogP contribution in [0.25, 0.3) is 33.0 Å². The molecule has 0 N–H and O–H groups in total. The van der Waals surface area contributed by atoms with E-state index in [4.69, 9.17) is 0 Å². The van der Waals surface area contributed by atoms with E-state index in [2.05, 4.69) is 6.92 Å². The fourth-order valence-corrected chi connectivity index (χ4v) is 3.92. The van der Waals surface area contributed by atoms with Crippen LogP contribution >= 0.6 is 0 Å². The molecule has 0 atom stereocenters. The van der Waals surface area contributed by atoms with Gasteiger partial charge < -0.3 is 0 Å². The van der Waals surface area contributed by atoms with E-state index in [0.717, 1.165) is 35.7 Å². The molecule has 0 saturated carbocycles. The second-order valence-electron chi connectivity index (χ2n) is 7.77. The van der Waals surface area contributed by atoms with Crippen molar-refractivity contribution in [3.05, 3.63) is 95.1 Å². The smallest absolute Gasteiger partial charge is 0.206 e. The number of rotatable bonds is 4. The Hall–Kier alpha value is -3.35. The molecule has 0 amide bonds. The monoisotopic (exact) mass is 462 g/mol. The molecule has 33 heavy (non-hydrogen) atoms. The summed E-state index contributed by atoms with van der Waals surface area (Å²) in [4.78, 5) is 0. The summed E-state index contributed by atoms with van der Waals surface area (Å²) in [6.07, 6.45) is -3.34. The Bertz CT molecular complexity index is 1310. The Kier molecular flexibility index (Phi) is 5.91. The van der Waals surface area contributed by atoms with Gasteiger partial charge in [0, 0.05) is 0 Å². The molecule has 170 valence electrons. The van der Waals surface area contributed by atoms with Crippen molar-refractivity contribution >= 4 is 10.8 Å². The Morgan fingerprint density at radius 3 is 1.73 bits per heavy atom. The van der Waals surface area contributed by atoms with Gasteiger partial charge in [-0.3, -0.25) is 0 Å². The number of aryl methyl sites for hydroxylation is 1. The van der Waals surface area contributed by atoms with E-state index >= 15 is 0 Å². The minimum atomic E-state index is -5.28. The second-order valence-corrected chi connectivity index (χ2v) is 7.77. The highest BCUT2D eigenvalue weighted by atomic mass is 19.4. The van der Waals surface area contributed by atoms with Gasteiger partial charge in [0.2, 0.25) is 0 Å². The van der Waals surface area contributed by atoms with Crippen molar-refractivity contribution in [1.29, 1.82) is 0 Å². The van der Waals surface area contributed by atoms with Crippen molar-refractivity contribution in [3.63, 3.8) is 0 Å². The Labute approximate surface area is 185 Å². The van der Waals surface area contributed by atoms with E-state index in [1.165, 1.54) is 5.56 Å². The highest BCUT2D eigenvalue weighted by Crippen LogP contribution is 2.38. The molecule has 0 fully saturated rings. The summed E-state index contributed by atoms with van der Waals surface area (Å²) in [6, 6.07) is 13.7. The van der Waals surface area contributed by atoms with Gasteiger partial charge in [-0.15, -0.1) is 0 Å². The van der Waals surface area contributed by atoms with Crippen LogP contribution < -0.4 is 0 Å². The van der Waals surface area contributed by atoms with Crippen LogP contribution in [0.15, 0.2) is 60.7 Å². The number of hydrogen-bond acceptors (Lipinski definition) is 0. The number of halogens is 7. The molecule has 0 aliphatic rings. The van der Waals surface area contributed by atoms with E-state index in [0.29, 0.717) is 5.56 Å². The van der Waals surface area contributed by atoms with Crippen molar-refractivity contribution < 1.29 is 30.7 Å². The standard InChI is InChI=1S/C26H17F7/c1-2-3-14-4-5-16-9-17(7-6-15(16)8-14)18-10-20(27)24(21(28)11-18)19-12-22(29)25(23(30)13-19)26(31,32)33/h4-13H,2-3H2,1H3. The van der Waals surface area contributed by atoms with Gasteiger partial charge in [0.05, 0.1) is 5.56 Å². The zero-order valence-corrected chi connectivity index (χ0v) is 17.3. The van der Waals surface area contributed by atoms with Crippen LogP contribution in [0.2, 0.25) is 0 Å². The molecular weight excluding hydrogens is 445 g/mol. The van der Waals surface area contributed by atoms with E-state index in [1.54, 1.807) is 12.1 Å². The number of fused-ring (bicyclic) bond motifs is 1. The van der Waals surface area contributed by atoms with Crippen molar-refractivity contribution in [1.82, 2.24) is 0 Å². The first kappa shape index (κ1) is 22.8. The molecule has 0 spiro atoms. The third kappa shape index (κ3) is 4.45. The molecule has 7 heteroatoms. The maximum Gasteiger partial charge on any atom is 0.422 e. The third-order valence-electron chi connectivity index (χ3n) is 5.43. The molecule has 0 nitrogen and oxygen atoms in total. The first-order valence-corrected chi connectivity index (χ1v) is 10.2. The zero-order valence-electron chi connectivity index (χ0n) is 17.3. The normalized spacial score (nSPS) is 11.9. The lowest BCUT2D eigenvalue weighted by atomic mass is 9.95. The maximum absolute atomic E-state index is 14.8. The predicted octanol–water partition coefficient (Wildman–Crippen LogP) is 8.70. The van der Waals surface area contributed by atoms with Crippen LogP contribution in [0.5, 0.6) is 0 Å². The van der Waals surface area contributed by atoms with E-state index in [1.807, 2.05) is 24.3 Å². The van der Waals surface area contributed by atoms with Crippen LogP contribution in [0, 0.1) is 23.3 Å². The molecule has 0 unspecified atom stereocenters. The summed E-state index contributed by atoms with van der Waals surface area (Å²) in [6.45, 7) is 2.08. The maximum atomic E-state index is 14.8. The highest BCUT2D eigenvalue weighted by molar-refractivity contribution is 5.88. The molecule has 0 heterocycles. The summed E-state index contributed by atoms with van der Waals surface area (Å²) in [5.74, 6) is -6.20. The summed E-state index contributed by atoms with van der Waals surface area (Å²) in [7, 11) is 0. The lowest BCUT2D eigenvalue weighted by molar-refractivity contribution is -0.142. The Morgan fingerprint density at radius 1 is 0.606 bits per heavy atom. The molecule has 0 saturated heterocycles. The minimum absolute atomic E-state index is 0.182. The van der Waals surface area contributed by atoms with Crippen molar-refractivity contribution in [2.24, 2.45) is 0 Å². The third-order valence-corrected chi connectivity index (χ3v) is 5.43. The van der Waals surface area contributed by atoms with Crippen molar-refractivity contribution in [2.45, 2.75) is 25.9 Å². The number of hydrogen-bond donors (Lipinski definition) is 0. The van der Waals surface area contributed by atoms with Crippen LogP contribution in [-0.4, -0.2) is 0 Å². The fraction of sp³-hybridized carbons (Fsp3) is 0.154. The van der Waals surface area contributed by atoms with Gasteiger partial charge in [-0.25, -0.2) is 17.6 Å². The van der Waals surface area contributed by atoms with E-state index in [-0.39, 0.29) is 17.7 Å². The summed E-state index contributed by atoms with van der Waals surface area (Å²) < 4.78 is 95.8. The number of alkyl halides is 3. The molecule has 0 aliphatic carbocycles. The molecule has 0 aromatic heterocycles. The lowest BCUT2D eigenvalue weighted by Gasteiger charge is -2.13. The van der Waals surface area contributed by atoms with E-state index in [9.17, 15) is 30.7 Å². The van der Waals surface area contributed by atoms with Gasteiger partial charge >= 0.3 is 6.18 Å². The fourth-order valence-electron chi connectivity index (χ4n) is 3.92. The second kappa shape index (κ2) is 8.54. The molecule has 4 aromatic rings. The van der Waals surface area contributed by atoms with Gasteiger partial charge in [0.15, 0.2) is 0 Å². The van der Waals surface area contributed by atoms with Crippen LogP contribution in [0.3, 0.4) is 0 Å². The predicted molar refractivity (Wildman–Crippen MR) is 114 cm³/mol. The molecule has 0 radical (unpaired) electrons. The number of benzene rings is 4. The average molecular weight is 462 g/mol. The van der Waals surface area contributed by atoms with Crippen molar-refractivity contribution in [3.8, 4) is 22.3 Å². The molecular formula is C26H17F7. The zero-order chi connectivity index (χ0) is 23.9. The molecule has 4 aromatic carbocycles. The van der Waals surface area contributed by atoms with Crippen molar-refractivity contribution in [2.75, 3.05) is 0 Å². The summed E-state index contributed by atoms with van der Waals surface area (Å²) >= 11 is 0. The Balaban J connectivity index is 1.76. The quantitative estimate of drug-likeness (QED) is 0.266. The highest BCUT2D eigenvalue weighted by Gasteiger charge is 2.38. The largest absolute Gasteiger partial charge is 0.422 e. The molecule has 0 aliphatic heterocycles. The van der Waals surface area contributed by atoms with Gasteiger partial charge in [-0.1, -0.05) is 43.7 Å². The lowest BCUT2D eigenvalue weighted by Crippen LogP contribution is -2.11. The summed E-state index contributed by atoms with van der Waals surface area (Å²) in [5, 5.41) is 1.84. The van der Waals surface area contributed by atoms with Gasteiger partial charge in [-0.05, 0) is 69.8 Å². The first-order chi connectivity index (χ1) is 15.6. The minimum Gasteiger partial charge on any atom is -0.206 e. The average Bonchev–Trinajstić information content (AvgIpc) is 2.71. The van der Waals surface area contributed by atoms with Crippen LogP contribution in [-0.2, 0) is 12.6 Å². The topological polar surface area (TPSA) is 0 Å². The van der Waals surface area contributed by atoms with E-state index < -0.39 is 46.1 Å². The van der Waals surface area contributed by atoms with Crippen LogP contribution in [0.4, 0.5) is 30.7 Å².